The number of ether oxygens (including phenoxy) is 4. The number of carbonyl (C=O) groups excluding carboxylic acids is 9. The molecule has 0 spiro atoms. The first kappa shape index (κ1) is 79.7. The number of nitrogens with one attached hydrogen (secondary N) is 8. The topological polar surface area (TPSA) is 322 Å². The van der Waals surface area contributed by atoms with Gasteiger partial charge in [0, 0.05) is 32.3 Å². The number of amides is 8. The molecule has 536 valence electrons. The Balaban J connectivity index is 1.54. The molecule has 3 aromatic carbocycles. The first-order chi connectivity index (χ1) is 45.8. The molecule has 25 nitrogen and oxygen atoms in total. The highest BCUT2D eigenvalue weighted by Gasteiger charge is 2.42. The number of nitrogens with zero attached hydrogens (tertiary/aromatic N) is 4. The van der Waals surface area contributed by atoms with Crippen molar-refractivity contribution in [1.29, 1.82) is 0 Å². The van der Waals surface area contributed by atoms with E-state index in [0.29, 0.717) is 17.8 Å². The van der Waals surface area contributed by atoms with E-state index in [-0.39, 0.29) is 18.8 Å². The van der Waals surface area contributed by atoms with Crippen LogP contribution in [0.3, 0.4) is 0 Å². The van der Waals surface area contributed by atoms with Crippen molar-refractivity contribution in [3.8, 4) is 0 Å². The Labute approximate surface area is 577 Å². The minimum Gasteiger partial charge on any atom is -0.467 e. The molecule has 5 aromatic rings. The van der Waals surface area contributed by atoms with Crippen LogP contribution < -0.4 is 42.5 Å². The second-order valence-electron chi connectivity index (χ2n) is 28.7. The predicted octanol–water partition coefficient (Wildman–Crippen LogP) is 6.49. The number of esters is 1. The van der Waals surface area contributed by atoms with Gasteiger partial charge in [-0.25, -0.2) is 19.6 Å². The Morgan fingerprint density at radius 1 is 0.449 bits per heavy atom. The number of alkyl carbamates (subject to hydrolysis) is 1. The predicted molar refractivity (Wildman–Crippen MR) is 372 cm³/mol. The van der Waals surface area contributed by atoms with Crippen LogP contribution in [0.2, 0.25) is 0 Å². The highest BCUT2D eigenvalue weighted by Crippen LogP contribution is 2.41. The molecule has 2 heterocycles. The fourth-order valence-corrected chi connectivity index (χ4v) is 11.3. The van der Waals surface area contributed by atoms with Crippen LogP contribution in [0.1, 0.15) is 159 Å². The first-order valence-electron chi connectivity index (χ1n) is 33.5. The van der Waals surface area contributed by atoms with Crippen molar-refractivity contribution in [2.24, 2.45) is 24.8 Å². The third-order valence-corrected chi connectivity index (χ3v) is 16.2. The van der Waals surface area contributed by atoms with Crippen molar-refractivity contribution < 1.29 is 62.1 Å². The average Bonchev–Trinajstić information content (AvgIpc) is 1.28. The minimum absolute atomic E-state index is 0.0966. The zero-order chi connectivity index (χ0) is 73.2. The van der Waals surface area contributed by atoms with Gasteiger partial charge in [-0.05, 0) is 118 Å². The molecule has 0 aliphatic carbocycles. The Hall–Kier alpha value is -8.97. The van der Waals surface area contributed by atoms with Gasteiger partial charge in [-0.3, -0.25) is 33.6 Å². The maximum atomic E-state index is 15.2. The molecular formula is C73H106N12O13. The molecule has 8 amide bonds. The number of hydrogen-bond acceptors (Lipinski definition) is 15. The van der Waals surface area contributed by atoms with E-state index < -0.39 is 148 Å². The lowest BCUT2D eigenvalue weighted by Gasteiger charge is -2.37. The second-order valence-corrected chi connectivity index (χ2v) is 28.7. The fourth-order valence-electron chi connectivity index (χ4n) is 11.3. The molecule has 0 saturated carbocycles. The number of benzene rings is 3. The van der Waals surface area contributed by atoms with Crippen LogP contribution in [-0.2, 0) is 82.7 Å². The third kappa shape index (κ3) is 22.8. The molecule has 11 atom stereocenters. The maximum Gasteiger partial charge on any atom is 0.408 e. The molecule has 0 aliphatic rings. The Morgan fingerprint density at radius 2 is 0.827 bits per heavy atom. The van der Waals surface area contributed by atoms with Crippen LogP contribution in [0.4, 0.5) is 4.79 Å². The molecule has 0 unspecified atom stereocenters. The summed E-state index contributed by atoms with van der Waals surface area (Å²) in [4.78, 5) is 138. The minimum atomic E-state index is -1.51. The summed E-state index contributed by atoms with van der Waals surface area (Å²) in [7, 11) is 2.96. The van der Waals surface area contributed by atoms with Gasteiger partial charge in [0.05, 0.1) is 54.6 Å². The summed E-state index contributed by atoms with van der Waals surface area (Å²) in [6, 6.07) is 18.7. The van der Waals surface area contributed by atoms with Crippen molar-refractivity contribution in [2.45, 2.75) is 227 Å². The third-order valence-electron chi connectivity index (χ3n) is 16.2. The van der Waals surface area contributed by atoms with Crippen LogP contribution in [0.25, 0.3) is 0 Å². The molecule has 0 radical (unpaired) electrons. The van der Waals surface area contributed by atoms with Crippen LogP contribution in [-0.4, -0.2) is 157 Å². The smallest absolute Gasteiger partial charge is 0.408 e. The second kappa shape index (κ2) is 35.0. The van der Waals surface area contributed by atoms with E-state index in [1.54, 1.807) is 141 Å². The molecule has 0 saturated heterocycles. The van der Waals surface area contributed by atoms with Gasteiger partial charge in [0.1, 0.15) is 59.5 Å². The molecular weight excluding hydrogens is 1250 g/mol. The van der Waals surface area contributed by atoms with Crippen LogP contribution in [0.15, 0.2) is 116 Å². The van der Waals surface area contributed by atoms with Gasteiger partial charge in [0.2, 0.25) is 41.4 Å². The van der Waals surface area contributed by atoms with E-state index in [0.717, 1.165) is 16.7 Å². The van der Waals surface area contributed by atoms with Gasteiger partial charge >= 0.3 is 12.1 Å². The van der Waals surface area contributed by atoms with E-state index in [1.807, 2.05) is 102 Å². The summed E-state index contributed by atoms with van der Waals surface area (Å²) in [5.41, 5.74) is -0.154. The number of rotatable bonds is 32. The quantitative estimate of drug-likeness (QED) is 0.0169. The molecule has 5 rings (SSSR count). The number of imidazole rings is 2. The van der Waals surface area contributed by atoms with Gasteiger partial charge < -0.3 is 70.6 Å². The SMILES string of the molecule is CC[C@H](C)[C@H](NC(=O)[C@@H](NC(=O)[C@H](NC(=O)[C@@H](C)NC(=O)[C@H](Cc1cn(C(c2ccccc2)(c2ccccc2)c2ccccc2)cn1)NC(=O)[C@H](NC(=O)[C@@H](NC(=O)[C@H](Cc1cn(C)cn1)NC(=O)OC(C)(C)C)[C@@H](C)OC(C)(C)C)C(C)C)C(C)C)[C@@H](C)OC(C)(C)C)C(=O)OC. The highest BCUT2D eigenvalue weighted by molar-refractivity contribution is 5.98. The van der Waals surface area contributed by atoms with Crippen LogP contribution >= 0.6 is 0 Å². The fraction of sp³-hybridized carbons (Fsp3) is 0.548. The monoisotopic (exact) mass is 1360 g/mol. The largest absolute Gasteiger partial charge is 0.467 e. The normalized spacial score (nSPS) is 15.4. The highest BCUT2D eigenvalue weighted by atomic mass is 16.6. The maximum absolute atomic E-state index is 15.2. The Bertz CT molecular complexity index is 3370. The van der Waals surface area contributed by atoms with Gasteiger partial charge in [-0.1, -0.05) is 139 Å². The van der Waals surface area contributed by atoms with E-state index >= 15 is 9.59 Å². The van der Waals surface area contributed by atoms with Crippen molar-refractivity contribution in [2.75, 3.05) is 7.11 Å². The Morgan fingerprint density at radius 3 is 1.23 bits per heavy atom. The van der Waals surface area contributed by atoms with Gasteiger partial charge in [0.15, 0.2) is 0 Å². The Kier molecular flexibility index (Phi) is 28.5. The lowest BCUT2D eigenvalue weighted by molar-refractivity contribution is -0.148. The van der Waals surface area contributed by atoms with E-state index in [4.69, 9.17) is 23.9 Å². The lowest BCUT2D eigenvalue weighted by atomic mass is 9.77. The summed E-state index contributed by atoms with van der Waals surface area (Å²) >= 11 is 0. The molecule has 8 N–H and O–H groups in total. The van der Waals surface area contributed by atoms with Gasteiger partial charge in [-0.15, -0.1) is 0 Å². The molecule has 25 heteroatoms. The number of hydrogen-bond donors (Lipinski definition) is 8. The van der Waals surface area contributed by atoms with Crippen molar-refractivity contribution in [1.82, 2.24) is 61.6 Å². The zero-order valence-corrected chi connectivity index (χ0v) is 60.7. The van der Waals surface area contributed by atoms with E-state index in [1.165, 1.54) is 20.4 Å². The number of aryl methyl sites for hydroxylation is 1. The van der Waals surface area contributed by atoms with Crippen molar-refractivity contribution in [3.05, 3.63) is 144 Å². The number of methoxy groups -OCH3 is 1. The first-order valence-corrected chi connectivity index (χ1v) is 33.5. The van der Waals surface area contributed by atoms with Crippen LogP contribution in [0, 0.1) is 17.8 Å². The van der Waals surface area contributed by atoms with Crippen LogP contribution in [0.5, 0.6) is 0 Å². The molecule has 2 aromatic heterocycles. The summed E-state index contributed by atoms with van der Waals surface area (Å²) in [6.45, 7) is 30.6. The summed E-state index contributed by atoms with van der Waals surface area (Å²) in [5.74, 6) is -7.89. The average molecular weight is 1360 g/mol. The summed E-state index contributed by atoms with van der Waals surface area (Å²) in [6.07, 6.45) is 3.91. The lowest BCUT2D eigenvalue weighted by Crippen LogP contribution is -2.63. The standard InChI is InChI=1S/C73H106N12O13/c1-21-45(6)58(68(93)95-20)81-67(92)60(48(9)97-71(13,14)15)83-65(90)57(44(4)5)79-61(86)46(7)76-62(87)54(38-53-40-85(42-75-53)73(49-31-25-22-26-32-49,50-33-27-23-28-34-50)51-35-29-24-30-36-51)77-64(89)56(43(2)3)80-66(91)59(47(8)96-70(10,11)12)82-63(88)55(37-52-39-84(19)41-74-52)78-69(94)98-72(16,17)18/h22-36,39-48,54-60H,21,37-38H2,1-20H3,(H,76,87)(H,77,89)(H,78,94)(H,79,86)(H,80,91)(H,81,92)(H,82,88)(H,83,90)/t45-,46+,47+,48+,54-,55-,56+,57+,58-,59-,60-/m0/s1. The molecule has 0 bridgehead atoms. The summed E-state index contributed by atoms with van der Waals surface area (Å²) < 4.78 is 26.6. The van der Waals surface area contributed by atoms with Crippen molar-refractivity contribution >= 4 is 53.4 Å². The number of aromatic nitrogens is 4. The molecule has 0 aliphatic heterocycles. The van der Waals surface area contributed by atoms with Gasteiger partial charge in [0.25, 0.3) is 0 Å². The zero-order valence-electron chi connectivity index (χ0n) is 60.7. The summed E-state index contributed by atoms with van der Waals surface area (Å²) in [5, 5.41) is 22.1. The van der Waals surface area contributed by atoms with Gasteiger partial charge in [-0.2, -0.15) is 0 Å². The van der Waals surface area contributed by atoms with E-state index in [2.05, 4.69) is 47.5 Å². The number of carbonyl (C=O) groups is 9. The molecule has 0 fully saturated rings. The van der Waals surface area contributed by atoms with E-state index in [9.17, 15) is 33.6 Å². The molecule has 98 heavy (non-hydrogen) atoms. The van der Waals surface area contributed by atoms with Crippen molar-refractivity contribution in [3.63, 3.8) is 0 Å².